The third kappa shape index (κ3) is 2.76. The Hall–Kier alpha value is -1.43. The molecule has 1 rings (SSSR count). The molecule has 1 N–H and O–H groups in total. The van der Waals surface area contributed by atoms with Crippen LogP contribution in [0.2, 0.25) is 0 Å². The third-order valence-electron chi connectivity index (χ3n) is 1.66. The van der Waals surface area contributed by atoms with Gasteiger partial charge in [-0.25, -0.2) is 4.79 Å². The number of aromatic nitrogens is 1. The Bertz CT molecular complexity index is 393. The van der Waals surface area contributed by atoms with Crippen molar-refractivity contribution in [3.63, 3.8) is 0 Å². The Kier molecular flexibility index (Phi) is 4.23. The second kappa shape index (κ2) is 5.45. The minimum atomic E-state index is -1.15. The van der Waals surface area contributed by atoms with Gasteiger partial charge in [-0.3, -0.25) is 4.98 Å². The number of hydrogen-bond acceptors (Lipinski definition) is 4. The Balaban J connectivity index is 3.22. The largest absolute Gasteiger partial charge is 0.476 e. The van der Waals surface area contributed by atoms with Gasteiger partial charge in [-0.2, -0.15) is 0 Å². The van der Waals surface area contributed by atoms with Crippen LogP contribution in [-0.2, 0) is 15.0 Å². The summed E-state index contributed by atoms with van der Waals surface area (Å²) in [4.78, 5) is 19.4. The van der Waals surface area contributed by atoms with Crippen molar-refractivity contribution < 1.29 is 14.7 Å². The van der Waals surface area contributed by atoms with Gasteiger partial charge in [0.1, 0.15) is 7.11 Å². The van der Waals surface area contributed by atoms with Gasteiger partial charge in [0.15, 0.2) is 5.71 Å². The summed E-state index contributed by atoms with van der Waals surface area (Å²) in [7, 11) is 1.30. The van der Waals surface area contributed by atoms with Gasteiger partial charge in [0.05, 0.1) is 5.69 Å². The molecule has 0 bridgehead atoms. The highest BCUT2D eigenvalue weighted by atomic mass is 79.9. The molecule has 0 saturated carbocycles. The van der Waals surface area contributed by atoms with Crippen molar-refractivity contribution in [2.45, 2.75) is 5.33 Å². The van der Waals surface area contributed by atoms with Gasteiger partial charge in [0, 0.05) is 17.1 Å². The Labute approximate surface area is 94.9 Å². The molecule has 1 heterocycles. The van der Waals surface area contributed by atoms with Gasteiger partial charge in [0.25, 0.3) is 0 Å². The summed E-state index contributed by atoms with van der Waals surface area (Å²) in [6, 6.07) is 3.28. The fraction of sp³-hybridized carbons (Fsp3) is 0.222. The zero-order valence-electron chi connectivity index (χ0n) is 7.98. The fourth-order valence-corrected chi connectivity index (χ4v) is 1.50. The van der Waals surface area contributed by atoms with Gasteiger partial charge >= 0.3 is 5.97 Å². The summed E-state index contributed by atoms with van der Waals surface area (Å²) >= 11 is 3.23. The van der Waals surface area contributed by atoms with Crippen LogP contribution >= 0.6 is 15.9 Å². The van der Waals surface area contributed by atoms with Crippen molar-refractivity contribution in [2.24, 2.45) is 5.16 Å². The number of nitrogens with zero attached hydrogens (tertiary/aromatic N) is 2. The van der Waals surface area contributed by atoms with Crippen LogP contribution in [-0.4, -0.2) is 28.9 Å². The molecular formula is C9H9BrN2O3. The van der Waals surface area contributed by atoms with Crippen LogP contribution in [0.15, 0.2) is 23.5 Å². The number of carbonyl (C=O) groups is 1. The molecule has 0 aromatic carbocycles. The zero-order chi connectivity index (χ0) is 11.3. The highest BCUT2D eigenvalue weighted by Crippen LogP contribution is 2.11. The normalized spacial score (nSPS) is 11.2. The van der Waals surface area contributed by atoms with E-state index in [-0.39, 0.29) is 5.71 Å². The van der Waals surface area contributed by atoms with E-state index in [0.29, 0.717) is 16.6 Å². The molecule has 0 fully saturated rings. The molecule has 0 aliphatic carbocycles. The molecule has 5 nitrogen and oxygen atoms in total. The molecule has 0 saturated heterocycles. The Morgan fingerprint density at radius 1 is 1.73 bits per heavy atom. The number of alkyl halides is 1. The van der Waals surface area contributed by atoms with E-state index in [2.05, 4.69) is 30.9 Å². The Morgan fingerprint density at radius 3 is 3.00 bits per heavy atom. The van der Waals surface area contributed by atoms with Gasteiger partial charge in [-0.05, 0) is 12.1 Å². The van der Waals surface area contributed by atoms with Crippen LogP contribution in [0, 0.1) is 0 Å². The van der Waals surface area contributed by atoms with Crippen LogP contribution < -0.4 is 0 Å². The van der Waals surface area contributed by atoms with Gasteiger partial charge in [-0.15, -0.1) is 0 Å². The number of pyridine rings is 1. The minimum absolute atomic E-state index is 0.153. The summed E-state index contributed by atoms with van der Waals surface area (Å²) in [5.41, 5.74) is 0.902. The minimum Gasteiger partial charge on any atom is -0.476 e. The van der Waals surface area contributed by atoms with Gasteiger partial charge in [-0.1, -0.05) is 21.1 Å². The van der Waals surface area contributed by atoms with E-state index < -0.39 is 5.97 Å². The number of aliphatic carboxylic acids is 1. The summed E-state index contributed by atoms with van der Waals surface area (Å²) in [6.07, 6.45) is 1.59. The quantitative estimate of drug-likeness (QED) is 0.511. The monoisotopic (exact) mass is 272 g/mol. The molecule has 6 heteroatoms. The maximum absolute atomic E-state index is 10.9. The van der Waals surface area contributed by atoms with Crippen LogP contribution in [0.3, 0.4) is 0 Å². The topological polar surface area (TPSA) is 71.8 Å². The van der Waals surface area contributed by atoms with E-state index in [0.717, 1.165) is 0 Å². The summed E-state index contributed by atoms with van der Waals surface area (Å²) in [5.74, 6) is -1.15. The second-order valence-corrected chi connectivity index (χ2v) is 3.12. The van der Waals surface area contributed by atoms with E-state index >= 15 is 0 Å². The van der Waals surface area contributed by atoms with Crippen molar-refractivity contribution in [1.29, 1.82) is 0 Å². The van der Waals surface area contributed by atoms with Crippen LogP contribution in [0.1, 0.15) is 11.3 Å². The lowest BCUT2D eigenvalue weighted by molar-refractivity contribution is -0.129. The molecule has 0 aliphatic rings. The molecule has 80 valence electrons. The van der Waals surface area contributed by atoms with Crippen molar-refractivity contribution >= 4 is 27.6 Å². The number of carboxylic acids is 1. The number of hydrogen-bond donors (Lipinski definition) is 1. The predicted octanol–water partition coefficient (Wildman–Crippen LogP) is 1.41. The molecular weight excluding hydrogens is 264 g/mol. The molecule has 0 amide bonds. The number of oxime groups is 1. The summed E-state index contributed by atoms with van der Waals surface area (Å²) in [6.45, 7) is 0. The first-order valence-electron chi connectivity index (χ1n) is 4.05. The van der Waals surface area contributed by atoms with Crippen molar-refractivity contribution in [3.8, 4) is 0 Å². The maximum atomic E-state index is 10.9. The average Bonchev–Trinajstić information content (AvgIpc) is 2.25. The van der Waals surface area contributed by atoms with E-state index in [1.807, 2.05) is 0 Å². The SMILES string of the molecule is CO/N=C(/C(=O)O)c1cccnc1CBr. The van der Waals surface area contributed by atoms with E-state index in [1.54, 1.807) is 18.3 Å². The molecule has 1 aromatic rings. The lowest BCUT2D eigenvalue weighted by atomic mass is 10.1. The van der Waals surface area contributed by atoms with Crippen LogP contribution in [0.25, 0.3) is 0 Å². The standard InChI is InChI=1S/C9H9BrN2O3/c1-15-12-8(9(13)14)6-3-2-4-11-7(6)5-10/h2-4H,5H2,1H3,(H,13,14)/b12-8+. The van der Waals surface area contributed by atoms with Gasteiger partial charge in [0.2, 0.25) is 0 Å². The van der Waals surface area contributed by atoms with Crippen LogP contribution in [0.4, 0.5) is 0 Å². The molecule has 0 atom stereocenters. The zero-order valence-corrected chi connectivity index (χ0v) is 9.56. The fourth-order valence-electron chi connectivity index (χ4n) is 1.05. The first kappa shape index (κ1) is 11.6. The third-order valence-corrected chi connectivity index (χ3v) is 2.19. The number of carboxylic acid groups (broad SMARTS) is 1. The second-order valence-electron chi connectivity index (χ2n) is 2.56. The lowest BCUT2D eigenvalue weighted by Crippen LogP contribution is -2.17. The predicted molar refractivity (Wildman–Crippen MR) is 58.0 cm³/mol. The van der Waals surface area contributed by atoms with Crippen LogP contribution in [0.5, 0.6) is 0 Å². The van der Waals surface area contributed by atoms with Gasteiger partial charge < -0.3 is 9.94 Å². The number of rotatable bonds is 4. The first-order chi connectivity index (χ1) is 7.20. The van der Waals surface area contributed by atoms with E-state index in [4.69, 9.17) is 5.11 Å². The molecule has 15 heavy (non-hydrogen) atoms. The Morgan fingerprint density at radius 2 is 2.47 bits per heavy atom. The first-order valence-corrected chi connectivity index (χ1v) is 5.17. The molecule has 0 unspecified atom stereocenters. The summed E-state index contributed by atoms with van der Waals surface area (Å²) in [5, 5.41) is 12.8. The van der Waals surface area contributed by atoms with Crippen molar-refractivity contribution in [2.75, 3.05) is 7.11 Å². The summed E-state index contributed by atoms with van der Waals surface area (Å²) < 4.78 is 0. The molecule has 1 aromatic heterocycles. The maximum Gasteiger partial charge on any atom is 0.358 e. The molecule has 0 radical (unpaired) electrons. The van der Waals surface area contributed by atoms with Crippen molar-refractivity contribution in [1.82, 2.24) is 4.98 Å². The number of halogens is 1. The average molecular weight is 273 g/mol. The smallest absolute Gasteiger partial charge is 0.358 e. The highest BCUT2D eigenvalue weighted by molar-refractivity contribution is 9.08. The van der Waals surface area contributed by atoms with E-state index in [9.17, 15) is 4.79 Å². The molecule has 0 aliphatic heterocycles. The molecule has 0 spiro atoms. The highest BCUT2D eigenvalue weighted by Gasteiger charge is 2.17. The van der Waals surface area contributed by atoms with E-state index in [1.165, 1.54) is 7.11 Å². The lowest BCUT2D eigenvalue weighted by Gasteiger charge is -2.04. The van der Waals surface area contributed by atoms with Crippen molar-refractivity contribution in [3.05, 3.63) is 29.6 Å².